The maximum Gasteiger partial charge on any atom is 0.122 e. The molecular weight excluding hydrogens is 322 g/mol. The Kier molecular flexibility index (Phi) is 3.21. The molecule has 2 N–H and O–H groups in total. The molecule has 0 atom stereocenters. The van der Waals surface area contributed by atoms with Gasteiger partial charge in [-0.25, -0.2) is 0 Å². The van der Waals surface area contributed by atoms with Crippen molar-refractivity contribution in [3.63, 3.8) is 0 Å². The van der Waals surface area contributed by atoms with Crippen molar-refractivity contribution in [2.75, 3.05) is 0 Å². The molecule has 15 heavy (non-hydrogen) atoms. The fourth-order valence-corrected chi connectivity index (χ4v) is 1.97. The lowest BCUT2D eigenvalue weighted by molar-refractivity contribution is 1.02. The summed E-state index contributed by atoms with van der Waals surface area (Å²) < 4.78 is 2.05. The van der Waals surface area contributed by atoms with Crippen molar-refractivity contribution in [2.45, 2.75) is 12.8 Å². The molecule has 1 heterocycles. The molecule has 0 aromatic heterocycles. The molecule has 5 heteroatoms. The molecule has 0 unspecified atom stereocenters. The second-order valence-electron chi connectivity index (χ2n) is 3.27. The number of hydrogen-bond acceptors (Lipinski definition) is 3. The Bertz CT molecular complexity index is 452. The van der Waals surface area contributed by atoms with Crippen LogP contribution in [-0.4, -0.2) is 11.5 Å². The lowest BCUT2D eigenvalue weighted by atomic mass is 10.1. The molecule has 0 bridgehead atoms. The van der Waals surface area contributed by atoms with Crippen molar-refractivity contribution in [1.29, 1.82) is 0 Å². The highest BCUT2D eigenvalue weighted by Crippen LogP contribution is 2.25. The van der Waals surface area contributed by atoms with Crippen LogP contribution in [0.25, 0.3) is 0 Å². The molecule has 1 aromatic carbocycles. The van der Waals surface area contributed by atoms with Gasteiger partial charge in [0, 0.05) is 15.4 Å². The smallest absolute Gasteiger partial charge is 0.122 e. The molecule has 2 rings (SSSR count). The van der Waals surface area contributed by atoms with E-state index in [9.17, 15) is 0 Å². The van der Waals surface area contributed by atoms with Crippen molar-refractivity contribution in [3.8, 4) is 0 Å². The van der Waals surface area contributed by atoms with Crippen LogP contribution in [0, 0.1) is 0 Å². The standard InChI is InChI=1S/C10H9Br2N3/c11-7-2-1-6(5-8(7)12)9-3-4-10(13)15-14-9/h1-2,5H,3-4H2,(H2,13,15). The third-order valence-electron chi connectivity index (χ3n) is 2.17. The average Bonchev–Trinajstić information content (AvgIpc) is 2.23. The molecule has 0 fully saturated rings. The Morgan fingerprint density at radius 3 is 2.47 bits per heavy atom. The summed E-state index contributed by atoms with van der Waals surface area (Å²) in [7, 11) is 0. The fourth-order valence-electron chi connectivity index (χ4n) is 1.35. The van der Waals surface area contributed by atoms with Crippen LogP contribution in [0.3, 0.4) is 0 Å². The molecule has 3 nitrogen and oxygen atoms in total. The lowest BCUT2D eigenvalue weighted by Crippen LogP contribution is -2.17. The van der Waals surface area contributed by atoms with Crippen LogP contribution in [0.15, 0.2) is 37.3 Å². The van der Waals surface area contributed by atoms with E-state index in [1.54, 1.807) is 0 Å². The fraction of sp³-hybridized carbons (Fsp3) is 0.200. The van der Waals surface area contributed by atoms with Crippen molar-refractivity contribution >= 4 is 43.4 Å². The van der Waals surface area contributed by atoms with E-state index in [1.165, 1.54) is 0 Å². The van der Waals surface area contributed by atoms with E-state index in [1.807, 2.05) is 18.2 Å². The van der Waals surface area contributed by atoms with Crippen molar-refractivity contribution in [3.05, 3.63) is 32.7 Å². The molecule has 0 saturated carbocycles. The summed E-state index contributed by atoms with van der Waals surface area (Å²) in [6.07, 6.45) is 1.63. The molecule has 0 amide bonds. The average molecular weight is 331 g/mol. The van der Waals surface area contributed by atoms with E-state index in [-0.39, 0.29) is 0 Å². The molecule has 1 aliphatic heterocycles. The van der Waals surface area contributed by atoms with Crippen LogP contribution in [-0.2, 0) is 0 Å². The van der Waals surface area contributed by atoms with Crippen molar-refractivity contribution < 1.29 is 0 Å². The highest BCUT2D eigenvalue weighted by Gasteiger charge is 2.10. The minimum Gasteiger partial charge on any atom is -0.386 e. The zero-order valence-electron chi connectivity index (χ0n) is 7.87. The molecule has 0 aliphatic carbocycles. The first kappa shape index (κ1) is 10.8. The van der Waals surface area contributed by atoms with E-state index in [2.05, 4.69) is 42.1 Å². The number of nitrogens with zero attached hydrogens (tertiary/aromatic N) is 2. The summed E-state index contributed by atoms with van der Waals surface area (Å²) in [4.78, 5) is 0. The number of rotatable bonds is 1. The normalized spacial score (nSPS) is 15.9. The molecular formula is C10H9Br2N3. The summed E-state index contributed by atoms with van der Waals surface area (Å²) in [6.45, 7) is 0. The number of hydrogen-bond donors (Lipinski definition) is 1. The van der Waals surface area contributed by atoms with Crippen LogP contribution in [0.2, 0.25) is 0 Å². The Morgan fingerprint density at radius 2 is 1.87 bits per heavy atom. The third-order valence-corrected chi connectivity index (χ3v) is 4.05. The van der Waals surface area contributed by atoms with Crippen molar-refractivity contribution in [1.82, 2.24) is 0 Å². The quantitative estimate of drug-likeness (QED) is 0.845. The second kappa shape index (κ2) is 4.45. The van der Waals surface area contributed by atoms with E-state index < -0.39 is 0 Å². The largest absolute Gasteiger partial charge is 0.386 e. The van der Waals surface area contributed by atoms with Gasteiger partial charge in [-0.2, -0.15) is 5.10 Å². The molecule has 78 valence electrons. The zero-order chi connectivity index (χ0) is 10.8. The highest BCUT2D eigenvalue weighted by atomic mass is 79.9. The van der Waals surface area contributed by atoms with Crippen LogP contribution in [0.5, 0.6) is 0 Å². The van der Waals surface area contributed by atoms with Gasteiger partial charge in [-0.3, -0.25) is 0 Å². The van der Waals surface area contributed by atoms with Crippen LogP contribution in [0.4, 0.5) is 0 Å². The maximum absolute atomic E-state index is 5.56. The third kappa shape index (κ3) is 2.46. The van der Waals surface area contributed by atoms with E-state index in [4.69, 9.17) is 5.73 Å². The summed E-state index contributed by atoms with van der Waals surface area (Å²) in [6, 6.07) is 6.04. The first-order valence-electron chi connectivity index (χ1n) is 4.51. The van der Waals surface area contributed by atoms with Crippen LogP contribution >= 0.6 is 31.9 Å². The summed E-state index contributed by atoms with van der Waals surface area (Å²) in [5.74, 6) is 0.606. The van der Waals surface area contributed by atoms with Gasteiger partial charge in [-0.05, 0) is 56.0 Å². The van der Waals surface area contributed by atoms with Gasteiger partial charge in [-0.1, -0.05) is 6.07 Å². The number of halogens is 2. The van der Waals surface area contributed by atoms with Crippen molar-refractivity contribution in [2.24, 2.45) is 15.9 Å². The summed E-state index contributed by atoms with van der Waals surface area (Å²) in [5.41, 5.74) is 7.62. The maximum atomic E-state index is 5.56. The first-order valence-corrected chi connectivity index (χ1v) is 6.09. The predicted octanol–water partition coefficient (Wildman–Crippen LogP) is 3.07. The van der Waals surface area contributed by atoms with Gasteiger partial charge in [0.25, 0.3) is 0 Å². The topological polar surface area (TPSA) is 50.7 Å². The number of nitrogens with two attached hydrogens (primary N) is 1. The van der Waals surface area contributed by atoms with E-state index in [0.717, 1.165) is 33.1 Å². The van der Waals surface area contributed by atoms with E-state index >= 15 is 0 Å². The lowest BCUT2D eigenvalue weighted by Gasteiger charge is -2.10. The number of benzene rings is 1. The summed E-state index contributed by atoms with van der Waals surface area (Å²) in [5, 5.41) is 7.99. The zero-order valence-corrected chi connectivity index (χ0v) is 11.0. The molecule has 1 aliphatic rings. The SMILES string of the molecule is NC1=NN=C(c2ccc(Br)c(Br)c2)CC1. The Balaban J connectivity index is 2.35. The predicted molar refractivity (Wildman–Crippen MR) is 69.2 cm³/mol. The minimum absolute atomic E-state index is 0.606. The number of amidine groups is 1. The van der Waals surface area contributed by atoms with Crippen LogP contribution < -0.4 is 5.73 Å². The molecule has 1 aromatic rings. The van der Waals surface area contributed by atoms with Gasteiger partial charge in [0.2, 0.25) is 0 Å². The Hall–Kier alpha value is -0.680. The van der Waals surface area contributed by atoms with Gasteiger partial charge in [0.15, 0.2) is 0 Å². The van der Waals surface area contributed by atoms with Gasteiger partial charge in [0.1, 0.15) is 5.84 Å². The Labute approximate surface area is 105 Å². The molecule has 0 radical (unpaired) electrons. The Morgan fingerprint density at radius 1 is 1.07 bits per heavy atom. The van der Waals surface area contributed by atoms with Gasteiger partial charge in [0.05, 0.1) is 5.71 Å². The minimum atomic E-state index is 0.606. The van der Waals surface area contributed by atoms with Gasteiger partial charge >= 0.3 is 0 Å². The second-order valence-corrected chi connectivity index (χ2v) is 4.98. The van der Waals surface area contributed by atoms with E-state index in [0.29, 0.717) is 5.84 Å². The first-order chi connectivity index (χ1) is 7.16. The van der Waals surface area contributed by atoms with Gasteiger partial charge in [-0.15, -0.1) is 5.10 Å². The molecule has 0 saturated heterocycles. The molecule has 0 spiro atoms. The monoisotopic (exact) mass is 329 g/mol. The van der Waals surface area contributed by atoms with Gasteiger partial charge < -0.3 is 5.73 Å². The van der Waals surface area contributed by atoms with Crippen LogP contribution in [0.1, 0.15) is 18.4 Å². The highest BCUT2D eigenvalue weighted by molar-refractivity contribution is 9.13. The summed E-state index contributed by atoms with van der Waals surface area (Å²) >= 11 is 6.89.